The molecule has 5 nitrogen and oxygen atoms in total. The third kappa shape index (κ3) is 3.62. The highest BCUT2D eigenvalue weighted by Crippen LogP contribution is 2.23. The molecule has 0 bridgehead atoms. The summed E-state index contributed by atoms with van der Waals surface area (Å²) in [5.74, 6) is 1.33. The standard InChI is InChI=1S/C19H22N4O/c1-14(2)13-17(24)20-11-12-23-18(15-7-4-3-5-8-15)22-16-9-6-10-21-19(16)23/h3-10,14H,11-13H2,1-2H3,(H,20,24). The first kappa shape index (κ1) is 16.2. The monoisotopic (exact) mass is 322 g/mol. The molecule has 24 heavy (non-hydrogen) atoms. The smallest absolute Gasteiger partial charge is 0.220 e. The van der Waals surface area contributed by atoms with Gasteiger partial charge in [-0.3, -0.25) is 4.79 Å². The highest BCUT2D eigenvalue weighted by atomic mass is 16.1. The van der Waals surface area contributed by atoms with Crippen LogP contribution in [0.2, 0.25) is 0 Å². The number of pyridine rings is 1. The summed E-state index contributed by atoms with van der Waals surface area (Å²) in [6.07, 6.45) is 2.32. The highest BCUT2D eigenvalue weighted by Gasteiger charge is 2.13. The number of amides is 1. The molecule has 3 rings (SSSR count). The van der Waals surface area contributed by atoms with E-state index in [2.05, 4.69) is 14.9 Å². The van der Waals surface area contributed by atoms with Crippen molar-refractivity contribution in [1.29, 1.82) is 0 Å². The van der Waals surface area contributed by atoms with Gasteiger partial charge in [0.2, 0.25) is 5.91 Å². The average molecular weight is 322 g/mol. The van der Waals surface area contributed by atoms with Crippen molar-refractivity contribution in [3.05, 3.63) is 48.7 Å². The number of rotatable bonds is 6. The molecule has 124 valence electrons. The van der Waals surface area contributed by atoms with Gasteiger partial charge >= 0.3 is 0 Å². The van der Waals surface area contributed by atoms with Crippen LogP contribution in [0.15, 0.2) is 48.7 Å². The Labute approximate surface area is 141 Å². The third-order valence-corrected chi connectivity index (χ3v) is 3.79. The van der Waals surface area contributed by atoms with Crippen molar-refractivity contribution in [2.45, 2.75) is 26.8 Å². The molecule has 0 aliphatic carbocycles. The summed E-state index contributed by atoms with van der Waals surface area (Å²) in [5, 5.41) is 2.98. The minimum Gasteiger partial charge on any atom is -0.354 e. The first-order chi connectivity index (χ1) is 11.6. The number of imidazole rings is 1. The number of fused-ring (bicyclic) bond motifs is 1. The topological polar surface area (TPSA) is 59.8 Å². The van der Waals surface area contributed by atoms with Crippen LogP contribution in [0.5, 0.6) is 0 Å². The number of carbonyl (C=O) groups excluding carboxylic acids is 1. The molecule has 0 saturated heterocycles. The summed E-state index contributed by atoms with van der Waals surface area (Å²) in [6, 6.07) is 13.9. The van der Waals surface area contributed by atoms with Crippen molar-refractivity contribution >= 4 is 17.1 Å². The largest absolute Gasteiger partial charge is 0.354 e. The Morgan fingerprint density at radius 2 is 1.96 bits per heavy atom. The van der Waals surface area contributed by atoms with Gasteiger partial charge in [0, 0.05) is 31.3 Å². The average Bonchev–Trinajstić information content (AvgIpc) is 2.94. The summed E-state index contributed by atoms with van der Waals surface area (Å²) < 4.78 is 2.07. The van der Waals surface area contributed by atoms with Gasteiger partial charge in [0.05, 0.1) is 0 Å². The van der Waals surface area contributed by atoms with Gasteiger partial charge in [-0.1, -0.05) is 44.2 Å². The van der Waals surface area contributed by atoms with Crippen molar-refractivity contribution in [3.63, 3.8) is 0 Å². The molecule has 3 aromatic rings. The van der Waals surface area contributed by atoms with Gasteiger partial charge in [0.1, 0.15) is 11.3 Å². The van der Waals surface area contributed by atoms with E-state index < -0.39 is 0 Å². The molecule has 0 fully saturated rings. The second-order valence-electron chi connectivity index (χ2n) is 6.25. The van der Waals surface area contributed by atoms with E-state index in [1.54, 1.807) is 6.20 Å². The van der Waals surface area contributed by atoms with Crippen LogP contribution < -0.4 is 5.32 Å². The minimum absolute atomic E-state index is 0.0867. The molecule has 2 heterocycles. The van der Waals surface area contributed by atoms with E-state index in [4.69, 9.17) is 4.98 Å². The van der Waals surface area contributed by atoms with Crippen molar-refractivity contribution in [2.24, 2.45) is 5.92 Å². The van der Waals surface area contributed by atoms with Gasteiger partial charge in [-0.25, -0.2) is 9.97 Å². The van der Waals surface area contributed by atoms with Crippen LogP contribution in [0.3, 0.4) is 0 Å². The Morgan fingerprint density at radius 3 is 2.71 bits per heavy atom. The lowest BCUT2D eigenvalue weighted by Gasteiger charge is -2.11. The highest BCUT2D eigenvalue weighted by molar-refractivity contribution is 5.77. The number of hydrogen-bond acceptors (Lipinski definition) is 3. The van der Waals surface area contributed by atoms with Gasteiger partial charge in [-0.05, 0) is 18.1 Å². The Kier molecular flexibility index (Phi) is 4.89. The summed E-state index contributed by atoms with van der Waals surface area (Å²) in [5.41, 5.74) is 2.75. The summed E-state index contributed by atoms with van der Waals surface area (Å²) in [7, 11) is 0. The number of hydrogen-bond donors (Lipinski definition) is 1. The summed E-state index contributed by atoms with van der Waals surface area (Å²) in [4.78, 5) is 21.0. The van der Waals surface area contributed by atoms with Crippen LogP contribution in [0.25, 0.3) is 22.6 Å². The van der Waals surface area contributed by atoms with Crippen molar-refractivity contribution in [1.82, 2.24) is 19.9 Å². The van der Waals surface area contributed by atoms with Crippen molar-refractivity contribution in [3.8, 4) is 11.4 Å². The van der Waals surface area contributed by atoms with Crippen LogP contribution in [0.1, 0.15) is 20.3 Å². The lowest BCUT2D eigenvalue weighted by molar-refractivity contribution is -0.121. The van der Waals surface area contributed by atoms with Crippen LogP contribution >= 0.6 is 0 Å². The van der Waals surface area contributed by atoms with Gasteiger partial charge < -0.3 is 9.88 Å². The van der Waals surface area contributed by atoms with Crippen LogP contribution in [-0.4, -0.2) is 27.0 Å². The molecule has 0 aliphatic rings. The number of nitrogens with zero attached hydrogens (tertiary/aromatic N) is 3. The normalized spacial score (nSPS) is 11.1. The fourth-order valence-corrected chi connectivity index (χ4v) is 2.73. The Morgan fingerprint density at radius 1 is 1.17 bits per heavy atom. The van der Waals surface area contributed by atoms with Crippen molar-refractivity contribution in [2.75, 3.05) is 6.54 Å². The second kappa shape index (κ2) is 7.25. The Hall–Kier alpha value is -2.69. The fraction of sp³-hybridized carbons (Fsp3) is 0.316. The molecule has 0 spiro atoms. The zero-order valence-electron chi connectivity index (χ0n) is 14.1. The molecule has 0 atom stereocenters. The maximum absolute atomic E-state index is 11.8. The fourth-order valence-electron chi connectivity index (χ4n) is 2.73. The number of aromatic nitrogens is 3. The molecule has 0 aliphatic heterocycles. The van der Waals surface area contributed by atoms with E-state index in [1.165, 1.54) is 0 Å². The predicted octanol–water partition coefficient (Wildman–Crippen LogP) is 3.26. The number of carbonyl (C=O) groups is 1. The van der Waals surface area contributed by atoms with Gasteiger partial charge in [-0.15, -0.1) is 0 Å². The summed E-state index contributed by atoms with van der Waals surface area (Å²) in [6.45, 7) is 5.29. The predicted molar refractivity (Wildman–Crippen MR) is 95.4 cm³/mol. The number of nitrogens with one attached hydrogen (secondary N) is 1. The zero-order chi connectivity index (χ0) is 16.9. The van der Waals surface area contributed by atoms with Crippen molar-refractivity contribution < 1.29 is 4.79 Å². The molecule has 0 radical (unpaired) electrons. The van der Waals surface area contributed by atoms with Crippen LogP contribution in [0, 0.1) is 5.92 Å². The molecule has 2 aromatic heterocycles. The lowest BCUT2D eigenvalue weighted by Crippen LogP contribution is -2.28. The minimum atomic E-state index is 0.0867. The summed E-state index contributed by atoms with van der Waals surface area (Å²) >= 11 is 0. The SMILES string of the molecule is CC(C)CC(=O)NCCn1c(-c2ccccc2)nc2cccnc21. The first-order valence-corrected chi connectivity index (χ1v) is 8.28. The van der Waals surface area contributed by atoms with E-state index in [9.17, 15) is 4.79 Å². The van der Waals surface area contributed by atoms with E-state index >= 15 is 0 Å². The Balaban J connectivity index is 1.84. The van der Waals surface area contributed by atoms with E-state index in [-0.39, 0.29) is 5.91 Å². The molecular formula is C19H22N4O. The van der Waals surface area contributed by atoms with Gasteiger partial charge in [0.15, 0.2) is 5.65 Å². The van der Waals surface area contributed by atoms with Crippen LogP contribution in [-0.2, 0) is 11.3 Å². The maximum atomic E-state index is 11.8. The Bertz CT molecular complexity index is 824. The van der Waals surface area contributed by atoms with Crippen LogP contribution in [0.4, 0.5) is 0 Å². The first-order valence-electron chi connectivity index (χ1n) is 8.28. The zero-order valence-corrected chi connectivity index (χ0v) is 14.1. The van der Waals surface area contributed by atoms with Gasteiger partial charge in [0.25, 0.3) is 0 Å². The lowest BCUT2D eigenvalue weighted by atomic mass is 10.1. The van der Waals surface area contributed by atoms with E-state index in [0.29, 0.717) is 25.4 Å². The molecule has 1 amide bonds. The molecule has 0 saturated carbocycles. The molecular weight excluding hydrogens is 300 g/mol. The number of benzene rings is 1. The van der Waals surface area contributed by atoms with E-state index in [1.807, 2.05) is 56.3 Å². The molecule has 1 N–H and O–H groups in total. The second-order valence-corrected chi connectivity index (χ2v) is 6.25. The molecule has 5 heteroatoms. The molecule has 1 aromatic carbocycles. The molecule has 0 unspecified atom stereocenters. The van der Waals surface area contributed by atoms with Gasteiger partial charge in [-0.2, -0.15) is 0 Å². The quantitative estimate of drug-likeness (QED) is 0.758. The maximum Gasteiger partial charge on any atom is 0.220 e. The van der Waals surface area contributed by atoms with E-state index in [0.717, 1.165) is 22.6 Å². The third-order valence-electron chi connectivity index (χ3n) is 3.79.